The van der Waals surface area contributed by atoms with Crippen molar-refractivity contribution in [2.45, 2.75) is 51.4 Å². The minimum absolute atomic E-state index is 0.163. The lowest BCUT2D eigenvalue weighted by Gasteiger charge is -2.22. The summed E-state index contributed by atoms with van der Waals surface area (Å²) in [7, 11) is 0. The number of nitriles is 1. The smallest absolute Gasteiger partial charge is 0.407 e. The first-order valence-corrected chi connectivity index (χ1v) is 7.52. The highest BCUT2D eigenvalue weighted by atomic mass is 16.6. The van der Waals surface area contributed by atoms with E-state index in [1.54, 1.807) is 45.0 Å². The molecule has 126 valence electrons. The van der Waals surface area contributed by atoms with Crippen LogP contribution >= 0.6 is 0 Å². The number of carbonyl (C=O) groups excluding carboxylic acids is 1. The minimum Gasteiger partial charge on any atom is -0.444 e. The molecule has 0 aromatic heterocycles. The van der Waals surface area contributed by atoms with E-state index in [1.807, 2.05) is 6.07 Å². The maximum absolute atomic E-state index is 11.5. The molecule has 3 N–H and O–H groups in total. The quantitative estimate of drug-likeness (QED) is 0.744. The molecule has 0 fully saturated rings. The number of nitrogens with one attached hydrogen (secondary N) is 1. The Balaban J connectivity index is 2.54. The number of nitrogens with zero attached hydrogens (tertiary/aromatic N) is 1. The summed E-state index contributed by atoms with van der Waals surface area (Å²) < 4.78 is 5.09. The number of amides is 1. The molecule has 1 aromatic rings. The van der Waals surface area contributed by atoms with Crippen molar-refractivity contribution < 1.29 is 19.7 Å². The van der Waals surface area contributed by atoms with Gasteiger partial charge in [0.2, 0.25) is 0 Å². The van der Waals surface area contributed by atoms with Gasteiger partial charge in [-0.2, -0.15) is 5.26 Å². The molecule has 6 heteroatoms. The number of ether oxygens (including phenoxy) is 1. The van der Waals surface area contributed by atoms with Crippen molar-refractivity contribution in [1.82, 2.24) is 5.32 Å². The monoisotopic (exact) mass is 320 g/mol. The summed E-state index contributed by atoms with van der Waals surface area (Å²) in [4.78, 5) is 11.5. The Bertz CT molecular complexity index is 560. The van der Waals surface area contributed by atoms with Crippen LogP contribution in [0, 0.1) is 11.3 Å². The number of aliphatic hydroxyl groups excluding tert-OH is 2. The zero-order valence-electron chi connectivity index (χ0n) is 13.7. The first-order valence-electron chi connectivity index (χ1n) is 7.52. The molecule has 0 radical (unpaired) electrons. The summed E-state index contributed by atoms with van der Waals surface area (Å²) in [6.07, 6.45) is -2.40. The Kier molecular flexibility index (Phi) is 7.01. The highest BCUT2D eigenvalue weighted by Crippen LogP contribution is 2.23. The van der Waals surface area contributed by atoms with Gasteiger partial charge in [-0.05, 0) is 38.3 Å². The van der Waals surface area contributed by atoms with E-state index >= 15 is 0 Å². The number of hydrogen-bond donors (Lipinski definition) is 3. The maximum atomic E-state index is 11.5. The SMILES string of the molecule is CC(C)(C)OC(=O)NCCC(O)C(O)c1ccccc1CC#N. The second-order valence-corrected chi connectivity index (χ2v) is 6.26. The molecule has 0 aliphatic rings. The molecule has 0 aliphatic heterocycles. The molecular weight excluding hydrogens is 296 g/mol. The maximum Gasteiger partial charge on any atom is 0.407 e. The summed E-state index contributed by atoms with van der Waals surface area (Å²) in [6.45, 7) is 5.46. The molecular formula is C17H24N2O4. The average molecular weight is 320 g/mol. The first kappa shape index (κ1) is 18.9. The normalized spacial score (nSPS) is 13.7. The predicted molar refractivity (Wildman–Crippen MR) is 85.6 cm³/mol. The summed E-state index contributed by atoms with van der Waals surface area (Å²) in [5.41, 5.74) is 0.624. The van der Waals surface area contributed by atoms with E-state index in [1.165, 1.54) is 0 Å². The average Bonchev–Trinajstić information content (AvgIpc) is 2.45. The molecule has 0 aliphatic carbocycles. The van der Waals surface area contributed by atoms with Crippen molar-refractivity contribution in [1.29, 1.82) is 5.26 Å². The highest BCUT2D eigenvalue weighted by Gasteiger charge is 2.21. The Morgan fingerprint density at radius 2 is 2.00 bits per heavy atom. The number of alkyl carbamates (subject to hydrolysis) is 1. The summed E-state index contributed by atoms with van der Waals surface area (Å²) in [5.74, 6) is 0. The van der Waals surface area contributed by atoms with E-state index in [-0.39, 0.29) is 19.4 Å². The van der Waals surface area contributed by atoms with Crippen molar-refractivity contribution in [2.75, 3.05) is 6.54 Å². The van der Waals surface area contributed by atoms with Crippen LogP contribution in [0.25, 0.3) is 0 Å². The summed E-state index contributed by atoms with van der Waals surface area (Å²) >= 11 is 0. The topological polar surface area (TPSA) is 103 Å². The second kappa shape index (κ2) is 8.51. The van der Waals surface area contributed by atoms with Crippen LogP contribution in [0.3, 0.4) is 0 Å². The van der Waals surface area contributed by atoms with Gasteiger partial charge in [0.15, 0.2) is 0 Å². The number of benzene rings is 1. The number of rotatable bonds is 6. The van der Waals surface area contributed by atoms with Gasteiger partial charge in [0.1, 0.15) is 11.7 Å². The lowest BCUT2D eigenvalue weighted by molar-refractivity contribution is 0.0119. The van der Waals surface area contributed by atoms with Crippen molar-refractivity contribution in [3.05, 3.63) is 35.4 Å². The van der Waals surface area contributed by atoms with E-state index in [0.717, 1.165) is 0 Å². The van der Waals surface area contributed by atoms with Gasteiger partial charge in [-0.15, -0.1) is 0 Å². The summed E-state index contributed by atoms with van der Waals surface area (Å²) in [5, 5.41) is 31.7. The number of carbonyl (C=O) groups is 1. The van der Waals surface area contributed by atoms with Crippen LogP contribution in [0.15, 0.2) is 24.3 Å². The zero-order chi connectivity index (χ0) is 17.5. The standard InChI is InChI=1S/C17H24N2O4/c1-17(2,3)23-16(22)19-11-9-14(20)15(21)13-7-5-4-6-12(13)8-10-18/h4-7,14-15,20-21H,8-9,11H2,1-3H3,(H,19,22). The molecule has 0 saturated carbocycles. The first-order chi connectivity index (χ1) is 10.7. The molecule has 1 rings (SSSR count). The van der Waals surface area contributed by atoms with Crippen molar-refractivity contribution in [3.8, 4) is 6.07 Å². The lowest BCUT2D eigenvalue weighted by Crippen LogP contribution is -2.34. The molecule has 23 heavy (non-hydrogen) atoms. The van der Waals surface area contributed by atoms with E-state index in [4.69, 9.17) is 10.00 Å². The number of hydrogen-bond acceptors (Lipinski definition) is 5. The lowest BCUT2D eigenvalue weighted by atomic mass is 9.96. The molecule has 2 atom stereocenters. The van der Waals surface area contributed by atoms with E-state index in [9.17, 15) is 15.0 Å². The van der Waals surface area contributed by atoms with Gasteiger partial charge in [-0.3, -0.25) is 0 Å². The molecule has 0 spiro atoms. The Morgan fingerprint density at radius 3 is 2.61 bits per heavy atom. The van der Waals surface area contributed by atoms with Crippen LogP contribution in [0.2, 0.25) is 0 Å². The second-order valence-electron chi connectivity index (χ2n) is 6.26. The Labute approximate surface area is 136 Å². The molecule has 1 amide bonds. The fourth-order valence-corrected chi connectivity index (χ4v) is 2.07. The third kappa shape index (κ3) is 6.68. The van der Waals surface area contributed by atoms with Crippen LogP contribution in [0.1, 0.15) is 44.4 Å². The van der Waals surface area contributed by atoms with Crippen LogP contribution in [-0.4, -0.2) is 34.6 Å². The van der Waals surface area contributed by atoms with Gasteiger partial charge in [-0.1, -0.05) is 24.3 Å². The minimum atomic E-state index is -1.11. The molecule has 0 heterocycles. The molecule has 2 unspecified atom stereocenters. The molecule has 0 bridgehead atoms. The number of aliphatic hydroxyl groups is 2. The van der Waals surface area contributed by atoms with Gasteiger partial charge in [-0.25, -0.2) is 4.79 Å². The van der Waals surface area contributed by atoms with Crippen LogP contribution in [0.4, 0.5) is 4.79 Å². The molecule has 6 nitrogen and oxygen atoms in total. The van der Waals surface area contributed by atoms with Gasteiger partial charge >= 0.3 is 6.09 Å². The van der Waals surface area contributed by atoms with Crippen LogP contribution in [-0.2, 0) is 11.2 Å². The third-order valence-corrected chi connectivity index (χ3v) is 3.12. The fourth-order valence-electron chi connectivity index (χ4n) is 2.07. The Morgan fingerprint density at radius 1 is 1.35 bits per heavy atom. The predicted octanol–water partition coefficient (Wildman–Crippen LogP) is 2.06. The molecule has 0 saturated heterocycles. The van der Waals surface area contributed by atoms with E-state index in [2.05, 4.69) is 5.32 Å². The van der Waals surface area contributed by atoms with E-state index in [0.29, 0.717) is 11.1 Å². The fraction of sp³-hybridized carbons (Fsp3) is 0.529. The van der Waals surface area contributed by atoms with Crippen LogP contribution < -0.4 is 5.32 Å². The van der Waals surface area contributed by atoms with Gasteiger partial charge < -0.3 is 20.3 Å². The highest BCUT2D eigenvalue weighted by molar-refractivity contribution is 5.67. The third-order valence-electron chi connectivity index (χ3n) is 3.12. The molecule has 1 aromatic carbocycles. The van der Waals surface area contributed by atoms with Crippen LogP contribution in [0.5, 0.6) is 0 Å². The van der Waals surface area contributed by atoms with E-state index < -0.39 is 23.9 Å². The van der Waals surface area contributed by atoms with Crippen molar-refractivity contribution in [2.24, 2.45) is 0 Å². The van der Waals surface area contributed by atoms with Gasteiger partial charge in [0.25, 0.3) is 0 Å². The summed E-state index contributed by atoms with van der Waals surface area (Å²) in [6, 6.07) is 8.98. The van der Waals surface area contributed by atoms with Crippen molar-refractivity contribution in [3.63, 3.8) is 0 Å². The Hall–Kier alpha value is -2.10. The zero-order valence-corrected chi connectivity index (χ0v) is 13.7. The van der Waals surface area contributed by atoms with Gasteiger partial charge in [0, 0.05) is 6.54 Å². The van der Waals surface area contributed by atoms with Gasteiger partial charge in [0.05, 0.1) is 18.6 Å². The largest absolute Gasteiger partial charge is 0.444 e. The van der Waals surface area contributed by atoms with Crippen molar-refractivity contribution >= 4 is 6.09 Å².